The quantitative estimate of drug-likeness (QED) is 0.841. The number of carbonyl (C=O) groups excluding carboxylic acids is 1. The standard InChI is InChI=1S/C13H22N4O3S/c1-11(10-16-8-5-7-14-16)15-13(18)12-6-3-4-9-17(12)21(2,19)20/h5,7-8,11-12H,3-4,6,9-10H2,1-2H3,(H,15,18)/t11-,12-/m1/s1. The topological polar surface area (TPSA) is 84.3 Å². The highest BCUT2D eigenvalue weighted by atomic mass is 32.2. The Kier molecular flexibility index (Phi) is 5.00. The predicted molar refractivity (Wildman–Crippen MR) is 79.0 cm³/mol. The molecule has 2 heterocycles. The molecule has 0 saturated carbocycles. The van der Waals surface area contributed by atoms with E-state index in [2.05, 4.69) is 10.4 Å². The summed E-state index contributed by atoms with van der Waals surface area (Å²) in [5.74, 6) is -0.222. The Morgan fingerprint density at radius 1 is 1.48 bits per heavy atom. The summed E-state index contributed by atoms with van der Waals surface area (Å²) in [5.41, 5.74) is 0. The van der Waals surface area contributed by atoms with Crippen molar-refractivity contribution in [2.75, 3.05) is 12.8 Å². The number of aromatic nitrogens is 2. The highest BCUT2D eigenvalue weighted by Gasteiger charge is 2.34. The van der Waals surface area contributed by atoms with Gasteiger partial charge in [-0.05, 0) is 25.8 Å². The van der Waals surface area contributed by atoms with Gasteiger partial charge in [-0.3, -0.25) is 9.48 Å². The summed E-state index contributed by atoms with van der Waals surface area (Å²) in [7, 11) is -3.35. The molecule has 0 aromatic carbocycles. The van der Waals surface area contributed by atoms with E-state index in [-0.39, 0.29) is 11.9 Å². The van der Waals surface area contributed by atoms with Crippen LogP contribution in [0.25, 0.3) is 0 Å². The number of piperidine rings is 1. The van der Waals surface area contributed by atoms with Crippen molar-refractivity contribution in [3.63, 3.8) is 0 Å². The van der Waals surface area contributed by atoms with E-state index in [1.165, 1.54) is 4.31 Å². The van der Waals surface area contributed by atoms with Crippen LogP contribution in [0.15, 0.2) is 18.5 Å². The zero-order valence-corrected chi connectivity index (χ0v) is 13.2. The van der Waals surface area contributed by atoms with E-state index < -0.39 is 16.1 Å². The molecule has 8 heteroatoms. The summed E-state index contributed by atoms with van der Waals surface area (Å²) < 4.78 is 26.6. The molecule has 0 bridgehead atoms. The summed E-state index contributed by atoms with van der Waals surface area (Å²) >= 11 is 0. The Morgan fingerprint density at radius 2 is 2.24 bits per heavy atom. The minimum absolute atomic E-state index is 0.110. The molecular weight excluding hydrogens is 292 g/mol. The van der Waals surface area contributed by atoms with Crippen LogP contribution in [0.3, 0.4) is 0 Å². The number of carbonyl (C=O) groups is 1. The highest BCUT2D eigenvalue weighted by molar-refractivity contribution is 7.88. The fraction of sp³-hybridized carbons (Fsp3) is 0.692. The fourth-order valence-electron chi connectivity index (χ4n) is 2.64. The fourth-order valence-corrected chi connectivity index (χ4v) is 3.76. The maximum atomic E-state index is 12.3. The SMILES string of the molecule is C[C@H](Cn1cccn1)NC(=O)[C@H]1CCCCN1S(C)(=O)=O. The van der Waals surface area contributed by atoms with Crippen molar-refractivity contribution in [2.24, 2.45) is 0 Å². The second-order valence-electron chi connectivity index (χ2n) is 5.52. The number of amides is 1. The van der Waals surface area contributed by atoms with E-state index in [4.69, 9.17) is 0 Å². The molecule has 1 saturated heterocycles. The summed E-state index contributed by atoms with van der Waals surface area (Å²) in [4.78, 5) is 12.3. The highest BCUT2D eigenvalue weighted by Crippen LogP contribution is 2.20. The first kappa shape index (κ1) is 16.0. The third-order valence-electron chi connectivity index (χ3n) is 3.59. The smallest absolute Gasteiger partial charge is 0.238 e. The van der Waals surface area contributed by atoms with E-state index in [0.717, 1.165) is 19.1 Å². The van der Waals surface area contributed by atoms with Crippen LogP contribution in [0.2, 0.25) is 0 Å². The van der Waals surface area contributed by atoms with Crippen molar-refractivity contribution >= 4 is 15.9 Å². The molecule has 7 nitrogen and oxygen atoms in total. The second-order valence-corrected chi connectivity index (χ2v) is 7.46. The molecule has 1 aromatic rings. The van der Waals surface area contributed by atoms with Gasteiger partial charge >= 0.3 is 0 Å². The third-order valence-corrected chi connectivity index (χ3v) is 4.88. The monoisotopic (exact) mass is 314 g/mol. The van der Waals surface area contributed by atoms with Gasteiger partial charge in [-0.15, -0.1) is 0 Å². The first-order valence-electron chi connectivity index (χ1n) is 7.12. The molecule has 1 amide bonds. The van der Waals surface area contributed by atoms with Gasteiger partial charge in [0.15, 0.2) is 0 Å². The minimum atomic E-state index is -3.35. The summed E-state index contributed by atoms with van der Waals surface area (Å²) in [5, 5.41) is 6.97. The number of rotatable bonds is 5. The van der Waals surface area contributed by atoms with Gasteiger partial charge < -0.3 is 5.32 Å². The number of hydrogen-bond acceptors (Lipinski definition) is 4. The molecule has 0 spiro atoms. The number of nitrogens with one attached hydrogen (secondary N) is 1. The van der Waals surface area contributed by atoms with Gasteiger partial charge in [0.05, 0.1) is 12.8 Å². The maximum Gasteiger partial charge on any atom is 0.238 e. The van der Waals surface area contributed by atoms with Gasteiger partial charge in [0, 0.05) is 25.0 Å². The van der Waals surface area contributed by atoms with E-state index in [1.54, 1.807) is 10.9 Å². The molecule has 2 atom stereocenters. The van der Waals surface area contributed by atoms with E-state index >= 15 is 0 Å². The third kappa shape index (κ3) is 4.28. The zero-order chi connectivity index (χ0) is 15.5. The van der Waals surface area contributed by atoms with Crippen molar-refractivity contribution in [1.29, 1.82) is 0 Å². The molecule has 1 aliphatic heterocycles. The maximum absolute atomic E-state index is 12.3. The number of nitrogens with zero attached hydrogens (tertiary/aromatic N) is 3. The van der Waals surface area contributed by atoms with Gasteiger partial charge in [0.25, 0.3) is 0 Å². The average molecular weight is 314 g/mol. The van der Waals surface area contributed by atoms with Crippen molar-refractivity contribution < 1.29 is 13.2 Å². The molecule has 1 N–H and O–H groups in total. The molecule has 2 rings (SSSR count). The van der Waals surface area contributed by atoms with Gasteiger partial charge in [-0.25, -0.2) is 8.42 Å². The average Bonchev–Trinajstić information content (AvgIpc) is 2.90. The second kappa shape index (κ2) is 6.57. The molecule has 118 valence electrons. The van der Waals surface area contributed by atoms with Crippen LogP contribution < -0.4 is 5.32 Å². The normalized spacial score (nSPS) is 21.9. The molecule has 0 aliphatic carbocycles. The molecular formula is C13H22N4O3S. The lowest BCUT2D eigenvalue weighted by Crippen LogP contribution is -2.53. The van der Waals surface area contributed by atoms with Crippen molar-refractivity contribution in [2.45, 2.75) is 44.8 Å². The molecule has 1 aromatic heterocycles. The Hall–Kier alpha value is -1.41. The first-order chi connectivity index (χ1) is 9.88. The van der Waals surface area contributed by atoms with Crippen LogP contribution in [0.5, 0.6) is 0 Å². The van der Waals surface area contributed by atoms with Crippen LogP contribution in [-0.2, 0) is 21.4 Å². The van der Waals surface area contributed by atoms with Crippen molar-refractivity contribution in [3.05, 3.63) is 18.5 Å². The lowest BCUT2D eigenvalue weighted by atomic mass is 10.0. The van der Waals surface area contributed by atoms with Gasteiger partial charge in [0.2, 0.25) is 15.9 Å². The van der Waals surface area contributed by atoms with Gasteiger partial charge in [-0.2, -0.15) is 9.40 Å². The summed E-state index contributed by atoms with van der Waals surface area (Å²) in [6.07, 6.45) is 6.92. The Balaban J connectivity index is 1.97. The lowest BCUT2D eigenvalue weighted by Gasteiger charge is -2.33. The predicted octanol–water partition coefficient (Wildman–Crippen LogP) is 0.202. The number of sulfonamides is 1. The van der Waals surface area contributed by atoms with E-state index in [1.807, 2.05) is 19.2 Å². The lowest BCUT2D eigenvalue weighted by molar-refractivity contribution is -0.126. The number of hydrogen-bond donors (Lipinski definition) is 1. The summed E-state index contributed by atoms with van der Waals surface area (Å²) in [6.45, 7) is 2.86. The van der Waals surface area contributed by atoms with Crippen LogP contribution >= 0.6 is 0 Å². The van der Waals surface area contributed by atoms with E-state index in [0.29, 0.717) is 19.5 Å². The molecule has 0 unspecified atom stereocenters. The van der Waals surface area contributed by atoms with Gasteiger partial charge in [-0.1, -0.05) is 6.42 Å². The zero-order valence-electron chi connectivity index (χ0n) is 12.4. The van der Waals surface area contributed by atoms with Crippen LogP contribution in [-0.4, -0.2) is 53.3 Å². The molecule has 1 aliphatic rings. The minimum Gasteiger partial charge on any atom is -0.350 e. The summed E-state index contributed by atoms with van der Waals surface area (Å²) in [6, 6.07) is 1.12. The van der Waals surface area contributed by atoms with Crippen molar-refractivity contribution in [3.8, 4) is 0 Å². The van der Waals surface area contributed by atoms with Gasteiger partial charge in [0.1, 0.15) is 6.04 Å². The van der Waals surface area contributed by atoms with E-state index in [9.17, 15) is 13.2 Å². The largest absolute Gasteiger partial charge is 0.350 e. The Morgan fingerprint density at radius 3 is 2.86 bits per heavy atom. The van der Waals surface area contributed by atoms with Crippen LogP contribution in [0.4, 0.5) is 0 Å². The molecule has 21 heavy (non-hydrogen) atoms. The van der Waals surface area contributed by atoms with Crippen LogP contribution in [0.1, 0.15) is 26.2 Å². The molecule has 0 radical (unpaired) electrons. The van der Waals surface area contributed by atoms with Crippen molar-refractivity contribution in [1.82, 2.24) is 19.4 Å². The first-order valence-corrected chi connectivity index (χ1v) is 8.97. The Labute approximate surface area is 125 Å². The Bertz CT molecular complexity index is 570. The molecule has 1 fully saturated rings. The van der Waals surface area contributed by atoms with Crippen LogP contribution in [0, 0.1) is 0 Å².